The zero-order chi connectivity index (χ0) is 13.9. The molecular formula is C16H16N2O2. The van der Waals surface area contributed by atoms with Gasteiger partial charge in [0.15, 0.2) is 0 Å². The van der Waals surface area contributed by atoms with E-state index < -0.39 is 0 Å². The van der Waals surface area contributed by atoms with Crippen molar-refractivity contribution in [2.24, 2.45) is 0 Å². The summed E-state index contributed by atoms with van der Waals surface area (Å²) < 4.78 is 7.18. The molecule has 1 aromatic heterocycles. The molecule has 0 spiro atoms. The van der Waals surface area contributed by atoms with Gasteiger partial charge in [-0.15, -0.1) is 6.42 Å². The Morgan fingerprint density at radius 1 is 1.35 bits per heavy atom. The predicted octanol–water partition coefficient (Wildman–Crippen LogP) is 2.13. The van der Waals surface area contributed by atoms with Gasteiger partial charge in [0.1, 0.15) is 18.2 Å². The third kappa shape index (κ3) is 2.27. The van der Waals surface area contributed by atoms with Crippen LogP contribution in [0.1, 0.15) is 25.1 Å². The van der Waals surface area contributed by atoms with Gasteiger partial charge in [-0.05, 0) is 31.0 Å². The lowest BCUT2D eigenvalue weighted by atomic mass is 10.2. The molecule has 2 aromatic rings. The third-order valence-electron chi connectivity index (χ3n) is 3.61. The highest BCUT2D eigenvalue weighted by Crippen LogP contribution is 2.19. The molecule has 1 aliphatic heterocycles. The van der Waals surface area contributed by atoms with E-state index in [0.29, 0.717) is 11.1 Å². The minimum Gasteiger partial charge on any atom is -0.481 e. The number of benzene rings is 1. The Bertz CT molecular complexity index is 740. The number of fused-ring (bicyclic) bond motifs is 2. The van der Waals surface area contributed by atoms with Gasteiger partial charge in [0, 0.05) is 13.0 Å². The van der Waals surface area contributed by atoms with Gasteiger partial charge in [-0.2, -0.15) is 0 Å². The molecule has 0 saturated carbocycles. The van der Waals surface area contributed by atoms with Crippen molar-refractivity contribution in [3.63, 3.8) is 0 Å². The Hall–Kier alpha value is -2.28. The molecule has 102 valence electrons. The number of aromatic nitrogens is 2. The van der Waals surface area contributed by atoms with Crippen LogP contribution in [-0.2, 0) is 13.0 Å². The standard InChI is InChI=1S/C16H16N2O2/c1-2-10-20-12-7-8-14-13(11-12)16(19)18-9-5-3-4-6-15(18)17-14/h1,7-8,11H,3-6,9-10H2. The summed E-state index contributed by atoms with van der Waals surface area (Å²) in [6.07, 6.45) is 9.33. The van der Waals surface area contributed by atoms with Crippen LogP contribution < -0.4 is 10.3 Å². The van der Waals surface area contributed by atoms with Gasteiger partial charge in [0.05, 0.1) is 10.9 Å². The second-order valence-corrected chi connectivity index (χ2v) is 4.97. The molecule has 0 N–H and O–H groups in total. The number of ether oxygens (including phenoxy) is 1. The van der Waals surface area contributed by atoms with Crippen LogP contribution in [0.5, 0.6) is 5.75 Å². The fourth-order valence-corrected chi connectivity index (χ4v) is 2.61. The Morgan fingerprint density at radius 3 is 3.10 bits per heavy atom. The normalized spacial score (nSPS) is 14.3. The maximum Gasteiger partial charge on any atom is 0.261 e. The van der Waals surface area contributed by atoms with Gasteiger partial charge in [0.25, 0.3) is 5.56 Å². The van der Waals surface area contributed by atoms with Gasteiger partial charge in [-0.1, -0.05) is 12.3 Å². The Balaban J connectivity index is 2.13. The maximum absolute atomic E-state index is 12.6. The van der Waals surface area contributed by atoms with E-state index >= 15 is 0 Å². The predicted molar refractivity (Wildman–Crippen MR) is 77.9 cm³/mol. The molecule has 4 heteroatoms. The molecule has 2 heterocycles. The molecule has 1 aliphatic rings. The minimum atomic E-state index is 0.0260. The van der Waals surface area contributed by atoms with Crippen molar-refractivity contribution in [2.45, 2.75) is 32.2 Å². The minimum absolute atomic E-state index is 0.0260. The van der Waals surface area contributed by atoms with Crippen LogP contribution in [-0.4, -0.2) is 16.2 Å². The average molecular weight is 268 g/mol. The zero-order valence-electron chi connectivity index (χ0n) is 11.3. The molecule has 20 heavy (non-hydrogen) atoms. The van der Waals surface area contributed by atoms with Gasteiger partial charge in [0.2, 0.25) is 0 Å². The van der Waals surface area contributed by atoms with E-state index in [2.05, 4.69) is 10.9 Å². The topological polar surface area (TPSA) is 44.1 Å². The van der Waals surface area contributed by atoms with Crippen molar-refractivity contribution in [3.05, 3.63) is 34.4 Å². The molecule has 0 unspecified atom stereocenters. The first-order valence-electron chi connectivity index (χ1n) is 6.89. The van der Waals surface area contributed by atoms with E-state index in [1.54, 1.807) is 16.7 Å². The van der Waals surface area contributed by atoms with Crippen molar-refractivity contribution in [1.29, 1.82) is 0 Å². The summed E-state index contributed by atoms with van der Waals surface area (Å²) in [6, 6.07) is 5.37. The number of nitrogens with zero attached hydrogens (tertiary/aromatic N) is 2. The second-order valence-electron chi connectivity index (χ2n) is 4.97. The monoisotopic (exact) mass is 268 g/mol. The summed E-state index contributed by atoms with van der Waals surface area (Å²) in [7, 11) is 0. The molecule has 0 atom stereocenters. The molecule has 0 amide bonds. The largest absolute Gasteiger partial charge is 0.481 e. The SMILES string of the molecule is C#CCOc1ccc2nc3n(c(=O)c2c1)CCCCC3. The van der Waals surface area contributed by atoms with Gasteiger partial charge in [-0.3, -0.25) is 9.36 Å². The molecule has 0 fully saturated rings. The highest BCUT2D eigenvalue weighted by atomic mass is 16.5. The van der Waals surface area contributed by atoms with Crippen LogP contribution in [0.25, 0.3) is 10.9 Å². The average Bonchev–Trinajstić information content (AvgIpc) is 2.71. The number of hydrogen-bond donors (Lipinski definition) is 0. The lowest BCUT2D eigenvalue weighted by Gasteiger charge is -2.10. The molecular weight excluding hydrogens is 252 g/mol. The van der Waals surface area contributed by atoms with E-state index in [1.165, 1.54) is 0 Å². The van der Waals surface area contributed by atoms with Crippen molar-refractivity contribution in [3.8, 4) is 18.1 Å². The number of aryl methyl sites for hydroxylation is 1. The first-order chi connectivity index (χ1) is 9.79. The van der Waals surface area contributed by atoms with E-state index in [0.717, 1.165) is 43.6 Å². The highest BCUT2D eigenvalue weighted by molar-refractivity contribution is 5.79. The van der Waals surface area contributed by atoms with Crippen molar-refractivity contribution in [2.75, 3.05) is 6.61 Å². The van der Waals surface area contributed by atoms with E-state index in [9.17, 15) is 4.79 Å². The maximum atomic E-state index is 12.6. The van der Waals surface area contributed by atoms with E-state index in [-0.39, 0.29) is 12.2 Å². The third-order valence-corrected chi connectivity index (χ3v) is 3.61. The van der Waals surface area contributed by atoms with E-state index in [1.807, 2.05) is 6.07 Å². The first kappa shape index (κ1) is 12.7. The smallest absolute Gasteiger partial charge is 0.261 e. The molecule has 4 nitrogen and oxygen atoms in total. The van der Waals surface area contributed by atoms with Crippen LogP contribution in [0.3, 0.4) is 0 Å². The molecule has 0 saturated heterocycles. The molecule has 0 aliphatic carbocycles. The Labute approximate surface area is 117 Å². The fraction of sp³-hybridized carbons (Fsp3) is 0.375. The quantitative estimate of drug-likeness (QED) is 0.784. The summed E-state index contributed by atoms with van der Waals surface area (Å²) in [5.41, 5.74) is 0.759. The summed E-state index contributed by atoms with van der Waals surface area (Å²) in [6.45, 7) is 0.956. The number of hydrogen-bond acceptors (Lipinski definition) is 3. The van der Waals surface area contributed by atoms with Gasteiger partial charge in [-0.25, -0.2) is 4.98 Å². The van der Waals surface area contributed by atoms with Crippen LogP contribution in [0.15, 0.2) is 23.0 Å². The summed E-state index contributed by atoms with van der Waals surface area (Å²) in [5, 5.41) is 0.602. The van der Waals surface area contributed by atoms with Crippen LogP contribution >= 0.6 is 0 Å². The number of rotatable bonds is 2. The van der Waals surface area contributed by atoms with Crippen molar-refractivity contribution >= 4 is 10.9 Å². The Morgan fingerprint density at radius 2 is 2.25 bits per heavy atom. The fourth-order valence-electron chi connectivity index (χ4n) is 2.61. The molecule has 0 radical (unpaired) electrons. The second kappa shape index (κ2) is 5.38. The summed E-state index contributed by atoms with van der Waals surface area (Å²) in [4.78, 5) is 17.2. The van der Waals surface area contributed by atoms with E-state index in [4.69, 9.17) is 11.2 Å². The van der Waals surface area contributed by atoms with Crippen molar-refractivity contribution in [1.82, 2.24) is 9.55 Å². The van der Waals surface area contributed by atoms with Crippen LogP contribution in [0, 0.1) is 12.3 Å². The molecule has 1 aromatic carbocycles. The lowest BCUT2D eigenvalue weighted by Crippen LogP contribution is -2.24. The zero-order valence-corrected chi connectivity index (χ0v) is 11.3. The van der Waals surface area contributed by atoms with Crippen LogP contribution in [0.2, 0.25) is 0 Å². The van der Waals surface area contributed by atoms with Gasteiger partial charge < -0.3 is 4.74 Å². The molecule has 0 bridgehead atoms. The lowest BCUT2D eigenvalue weighted by molar-refractivity contribution is 0.371. The van der Waals surface area contributed by atoms with Crippen LogP contribution in [0.4, 0.5) is 0 Å². The van der Waals surface area contributed by atoms with Gasteiger partial charge >= 0.3 is 0 Å². The first-order valence-corrected chi connectivity index (χ1v) is 6.89. The molecule has 3 rings (SSSR count). The van der Waals surface area contributed by atoms with Crippen molar-refractivity contribution < 1.29 is 4.74 Å². The number of terminal acetylenes is 1. The summed E-state index contributed by atoms with van der Waals surface area (Å²) in [5.74, 6) is 3.93. The summed E-state index contributed by atoms with van der Waals surface area (Å²) >= 11 is 0. The highest BCUT2D eigenvalue weighted by Gasteiger charge is 2.13. The Kier molecular flexibility index (Phi) is 3.42.